The van der Waals surface area contributed by atoms with Crippen LogP contribution in [0.15, 0.2) is 29.0 Å². The van der Waals surface area contributed by atoms with Crippen LogP contribution in [0, 0.1) is 6.92 Å². The van der Waals surface area contributed by atoms with Crippen LogP contribution in [0.2, 0.25) is 0 Å². The van der Waals surface area contributed by atoms with E-state index in [9.17, 15) is 13.2 Å². The fourth-order valence-electron chi connectivity index (χ4n) is 3.04. The molecular formula is C16H21N5O4S. The highest BCUT2D eigenvalue weighted by molar-refractivity contribution is 7.88. The Morgan fingerprint density at radius 2 is 2.00 bits per heavy atom. The van der Waals surface area contributed by atoms with Crippen LogP contribution in [0.5, 0.6) is 0 Å². The van der Waals surface area contributed by atoms with E-state index in [1.807, 2.05) is 0 Å². The van der Waals surface area contributed by atoms with Crippen molar-refractivity contribution in [2.24, 2.45) is 0 Å². The minimum Gasteiger partial charge on any atom is -0.341 e. The van der Waals surface area contributed by atoms with Crippen LogP contribution in [0.3, 0.4) is 0 Å². The largest absolute Gasteiger partial charge is 0.341 e. The number of pyridine rings is 1. The lowest BCUT2D eigenvalue weighted by Crippen LogP contribution is -2.38. The maximum Gasteiger partial charge on any atom is 0.245 e. The van der Waals surface area contributed by atoms with Crippen molar-refractivity contribution in [3.8, 4) is 0 Å². The Morgan fingerprint density at radius 1 is 1.27 bits per heavy atom. The van der Waals surface area contributed by atoms with Crippen molar-refractivity contribution in [3.05, 3.63) is 41.8 Å². The van der Waals surface area contributed by atoms with E-state index < -0.39 is 16.1 Å². The number of aromatic nitrogens is 3. The summed E-state index contributed by atoms with van der Waals surface area (Å²) in [6, 6.07) is 3.02. The van der Waals surface area contributed by atoms with Crippen LogP contribution < -0.4 is 0 Å². The van der Waals surface area contributed by atoms with Crippen LogP contribution in [-0.4, -0.2) is 64.5 Å². The van der Waals surface area contributed by atoms with Crippen LogP contribution in [0.1, 0.15) is 29.7 Å². The second-order valence-electron chi connectivity index (χ2n) is 6.27. The van der Waals surface area contributed by atoms with Crippen molar-refractivity contribution in [2.75, 3.05) is 25.9 Å². The van der Waals surface area contributed by atoms with Gasteiger partial charge >= 0.3 is 0 Å². The van der Waals surface area contributed by atoms with E-state index in [2.05, 4.69) is 15.1 Å². The van der Waals surface area contributed by atoms with Gasteiger partial charge in [-0.1, -0.05) is 5.16 Å². The molecule has 3 rings (SSSR count). The molecule has 0 aliphatic carbocycles. The molecule has 2 aromatic heterocycles. The van der Waals surface area contributed by atoms with Gasteiger partial charge in [-0.05, 0) is 31.0 Å². The lowest BCUT2D eigenvalue weighted by Gasteiger charge is -2.24. The average Bonchev–Trinajstić information content (AvgIpc) is 2.88. The first kappa shape index (κ1) is 18.5. The quantitative estimate of drug-likeness (QED) is 0.763. The summed E-state index contributed by atoms with van der Waals surface area (Å²) < 4.78 is 31.0. The van der Waals surface area contributed by atoms with E-state index in [1.165, 1.54) is 4.31 Å². The molecule has 1 aliphatic heterocycles. The Labute approximate surface area is 152 Å². The molecule has 0 aromatic carbocycles. The van der Waals surface area contributed by atoms with Crippen LogP contribution in [0.25, 0.3) is 0 Å². The fraction of sp³-hybridized carbons (Fsp3) is 0.500. The molecule has 0 radical (unpaired) electrons. The number of aryl methyl sites for hydroxylation is 1. The summed E-state index contributed by atoms with van der Waals surface area (Å²) in [5.74, 6) is 0.659. The third kappa shape index (κ3) is 4.25. The smallest absolute Gasteiger partial charge is 0.245 e. The molecule has 9 nitrogen and oxygen atoms in total. The molecule has 1 aliphatic rings. The maximum atomic E-state index is 12.6. The van der Waals surface area contributed by atoms with Crippen LogP contribution >= 0.6 is 0 Å². The topological polar surface area (TPSA) is 110 Å². The van der Waals surface area contributed by atoms with Gasteiger partial charge in [0, 0.05) is 32.0 Å². The maximum absolute atomic E-state index is 12.6. The zero-order valence-electron chi connectivity index (χ0n) is 14.7. The summed E-state index contributed by atoms with van der Waals surface area (Å²) in [5, 5.41) is 3.75. The van der Waals surface area contributed by atoms with Gasteiger partial charge in [0.25, 0.3) is 0 Å². The number of hydrogen-bond donors (Lipinski definition) is 0. The lowest BCUT2D eigenvalue weighted by atomic mass is 10.1. The molecule has 0 spiro atoms. The van der Waals surface area contributed by atoms with Gasteiger partial charge in [0.05, 0.1) is 12.7 Å². The highest BCUT2D eigenvalue weighted by Crippen LogP contribution is 2.28. The predicted octanol–water partition coefficient (Wildman–Crippen LogP) is 0.551. The number of rotatable bonds is 4. The number of nitrogens with zero attached hydrogens (tertiary/aromatic N) is 5. The first-order valence-electron chi connectivity index (χ1n) is 8.28. The van der Waals surface area contributed by atoms with E-state index in [0.29, 0.717) is 25.3 Å². The standard InChI is InChI=1S/C16H21N5O4S/c1-12-18-16(25-19-12)14-5-8-20(9-10-21(14)26(2,23)24)15(22)11-13-3-6-17-7-4-13/h3-4,6-7,14H,5,8-11H2,1-2H3. The lowest BCUT2D eigenvalue weighted by molar-refractivity contribution is -0.130. The number of sulfonamides is 1. The van der Waals surface area contributed by atoms with Crippen LogP contribution in [-0.2, 0) is 21.2 Å². The third-order valence-electron chi connectivity index (χ3n) is 4.32. The first-order chi connectivity index (χ1) is 12.3. The monoisotopic (exact) mass is 379 g/mol. The van der Waals surface area contributed by atoms with Gasteiger partial charge in [0.2, 0.25) is 21.8 Å². The van der Waals surface area contributed by atoms with Crippen molar-refractivity contribution in [2.45, 2.75) is 25.8 Å². The van der Waals surface area contributed by atoms with Gasteiger partial charge in [-0.25, -0.2) is 8.42 Å². The Balaban J connectivity index is 1.77. The van der Waals surface area contributed by atoms with Crippen molar-refractivity contribution < 1.29 is 17.7 Å². The molecule has 10 heteroatoms. The summed E-state index contributed by atoms with van der Waals surface area (Å²) in [5.41, 5.74) is 0.873. The third-order valence-corrected chi connectivity index (χ3v) is 5.61. The number of hydrogen-bond acceptors (Lipinski definition) is 7. The van der Waals surface area contributed by atoms with E-state index in [1.54, 1.807) is 36.4 Å². The molecular weight excluding hydrogens is 358 g/mol. The Hall–Kier alpha value is -2.33. The molecule has 2 aromatic rings. The van der Waals surface area contributed by atoms with Gasteiger partial charge in [0.15, 0.2) is 5.82 Å². The molecule has 1 unspecified atom stereocenters. The second-order valence-corrected chi connectivity index (χ2v) is 8.21. The zero-order chi connectivity index (χ0) is 18.7. The SMILES string of the molecule is Cc1noc(C2CCN(C(=O)Cc3ccncc3)CCN2S(C)(=O)=O)n1. The number of carbonyl (C=O) groups is 1. The molecule has 0 bridgehead atoms. The molecule has 0 N–H and O–H groups in total. The summed E-state index contributed by atoms with van der Waals surface area (Å²) in [7, 11) is -3.49. The summed E-state index contributed by atoms with van der Waals surface area (Å²) in [6.07, 6.45) is 5.09. The Kier molecular flexibility index (Phi) is 5.33. The molecule has 0 saturated carbocycles. The van der Waals surface area contributed by atoms with Gasteiger partial charge in [-0.15, -0.1) is 0 Å². The highest BCUT2D eigenvalue weighted by Gasteiger charge is 2.35. The highest BCUT2D eigenvalue weighted by atomic mass is 32.2. The van der Waals surface area contributed by atoms with Crippen molar-refractivity contribution in [1.82, 2.24) is 24.3 Å². The molecule has 140 valence electrons. The minimum absolute atomic E-state index is 0.0491. The van der Waals surface area contributed by atoms with E-state index >= 15 is 0 Å². The van der Waals surface area contributed by atoms with E-state index in [0.717, 1.165) is 11.8 Å². The number of amides is 1. The minimum atomic E-state index is -3.49. The summed E-state index contributed by atoms with van der Waals surface area (Å²) in [6.45, 7) is 2.61. The van der Waals surface area contributed by atoms with Gasteiger partial charge in [0.1, 0.15) is 6.04 Å². The predicted molar refractivity (Wildman–Crippen MR) is 92.5 cm³/mol. The van der Waals surface area contributed by atoms with Gasteiger partial charge in [-0.2, -0.15) is 9.29 Å². The fourth-order valence-corrected chi connectivity index (χ4v) is 4.11. The normalized spacial score (nSPS) is 19.3. The Bertz CT molecular complexity index is 868. The molecule has 1 amide bonds. The molecule has 1 atom stereocenters. The number of carbonyl (C=O) groups excluding carboxylic acids is 1. The summed E-state index contributed by atoms with van der Waals surface area (Å²) in [4.78, 5) is 22.4. The summed E-state index contributed by atoms with van der Waals surface area (Å²) >= 11 is 0. The van der Waals surface area contributed by atoms with Crippen molar-refractivity contribution in [3.63, 3.8) is 0 Å². The molecule has 1 fully saturated rings. The average molecular weight is 379 g/mol. The molecule has 1 saturated heterocycles. The van der Waals surface area contributed by atoms with Crippen LogP contribution in [0.4, 0.5) is 0 Å². The van der Waals surface area contributed by atoms with E-state index in [-0.39, 0.29) is 24.8 Å². The zero-order valence-corrected chi connectivity index (χ0v) is 15.5. The van der Waals surface area contributed by atoms with Crippen molar-refractivity contribution in [1.29, 1.82) is 0 Å². The Morgan fingerprint density at radius 3 is 2.62 bits per heavy atom. The molecule has 3 heterocycles. The van der Waals surface area contributed by atoms with E-state index in [4.69, 9.17) is 4.52 Å². The molecule has 26 heavy (non-hydrogen) atoms. The van der Waals surface area contributed by atoms with Gasteiger partial charge in [-0.3, -0.25) is 9.78 Å². The first-order valence-corrected chi connectivity index (χ1v) is 10.1. The second kappa shape index (κ2) is 7.50. The van der Waals surface area contributed by atoms with Crippen molar-refractivity contribution >= 4 is 15.9 Å². The van der Waals surface area contributed by atoms with Gasteiger partial charge < -0.3 is 9.42 Å².